The summed E-state index contributed by atoms with van der Waals surface area (Å²) < 4.78 is 0. The van der Waals surface area contributed by atoms with Gasteiger partial charge >= 0.3 is 5.97 Å². The first-order valence-corrected chi connectivity index (χ1v) is 7.41. The maximum atomic E-state index is 11.3. The van der Waals surface area contributed by atoms with Crippen molar-refractivity contribution in [2.75, 3.05) is 0 Å². The average Bonchev–Trinajstić information content (AvgIpc) is 2.95. The second-order valence-corrected chi connectivity index (χ2v) is 5.60. The van der Waals surface area contributed by atoms with Gasteiger partial charge in [-0.05, 0) is 54.8 Å². The minimum absolute atomic E-state index is 0.146. The number of rotatable bonds is 3. The van der Waals surface area contributed by atoms with Crippen LogP contribution in [0.15, 0.2) is 36.4 Å². The Morgan fingerprint density at radius 1 is 1.25 bits per heavy atom. The number of aromatic nitrogens is 2. The standard InChI is InChI=1S/C19H15N3O2/c1-11-7-16-17(8-12(11)2)22-18(21-16)14(10-20)9-13-5-3-4-6-15(13)19(23)24/h3-9H,1-2H3,(H,21,22)(H,23,24)/b14-9-. The molecule has 3 aromatic rings. The molecule has 5 heteroatoms. The number of aromatic amines is 1. The van der Waals surface area contributed by atoms with Crippen LogP contribution in [0.5, 0.6) is 0 Å². The van der Waals surface area contributed by atoms with Gasteiger partial charge < -0.3 is 10.1 Å². The van der Waals surface area contributed by atoms with Crippen molar-refractivity contribution in [3.05, 3.63) is 64.5 Å². The molecule has 0 saturated carbocycles. The number of carboxylic acids is 1. The van der Waals surface area contributed by atoms with Crippen LogP contribution in [0.4, 0.5) is 0 Å². The summed E-state index contributed by atoms with van der Waals surface area (Å²) in [5.41, 5.74) is 4.79. The smallest absolute Gasteiger partial charge is 0.336 e. The Morgan fingerprint density at radius 2 is 1.96 bits per heavy atom. The third kappa shape index (κ3) is 2.77. The molecule has 1 heterocycles. The van der Waals surface area contributed by atoms with Crippen molar-refractivity contribution in [1.29, 1.82) is 5.26 Å². The summed E-state index contributed by atoms with van der Waals surface area (Å²) in [4.78, 5) is 18.9. The van der Waals surface area contributed by atoms with Gasteiger partial charge in [0, 0.05) is 0 Å². The molecule has 0 bridgehead atoms. The van der Waals surface area contributed by atoms with Gasteiger partial charge in [-0.3, -0.25) is 0 Å². The fourth-order valence-corrected chi connectivity index (χ4v) is 2.52. The van der Waals surface area contributed by atoms with E-state index in [0.717, 1.165) is 22.2 Å². The number of nitrogens with one attached hydrogen (secondary N) is 1. The summed E-state index contributed by atoms with van der Waals surface area (Å²) >= 11 is 0. The molecule has 118 valence electrons. The molecule has 0 aliphatic carbocycles. The first kappa shape index (κ1) is 15.5. The molecule has 0 aliphatic rings. The van der Waals surface area contributed by atoms with Gasteiger partial charge in [0.05, 0.1) is 22.2 Å². The Morgan fingerprint density at radius 3 is 2.67 bits per heavy atom. The first-order valence-electron chi connectivity index (χ1n) is 7.41. The van der Waals surface area contributed by atoms with E-state index >= 15 is 0 Å². The number of hydrogen-bond acceptors (Lipinski definition) is 3. The Kier molecular flexibility index (Phi) is 3.88. The number of H-pyrrole nitrogens is 1. The van der Waals surface area contributed by atoms with Crippen molar-refractivity contribution in [3.8, 4) is 6.07 Å². The number of aromatic carboxylic acids is 1. The van der Waals surface area contributed by atoms with Gasteiger partial charge in [-0.1, -0.05) is 18.2 Å². The van der Waals surface area contributed by atoms with Gasteiger partial charge in [-0.25, -0.2) is 9.78 Å². The van der Waals surface area contributed by atoms with Crippen molar-refractivity contribution in [3.63, 3.8) is 0 Å². The molecule has 0 fully saturated rings. The van der Waals surface area contributed by atoms with E-state index in [1.807, 2.05) is 26.0 Å². The summed E-state index contributed by atoms with van der Waals surface area (Å²) in [5.74, 6) is -0.604. The highest BCUT2D eigenvalue weighted by Gasteiger charge is 2.12. The van der Waals surface area contributed by atoms with Gasteiger partial charge in [0.15, 0.2) is 0 Å². The second kappa shape index (κ2) is 6.01. The molecule has 2 N–H and O–H groups in total. The van der Waals surface area contributed by atoms with E-state index in [0.29, 0.717) is 11.4 Å². The molecular formula is C19H15N3O2. The van der Waals surface area contributed by atoms with Crippen molar-refractivity contribution >= 4 is 28.7 Å². The molecule has 0 radical (unpaired) electrons. The maximum absolute atomic E-state index is 11.3. The number of nitrogens with zero attached hydrogens (tertiary/aromatic N) is 2. The van der Waals surface area contributed by atoms with Crippen LogP contribution < -0.4 is 0 Å². The van der Waals surface area contributed by atoms with Crippen LogP contribution in [0.1, 0.15) is 32.9 Å². The number of hydrogen-bond donors (Lipinski definition) is 2. The van der Waals surface area contributed by atoms with Gasteiger partial charge in [0.25, 0.3) is 0 Å². The second-order valence-electron chi connectivity index (χ2n) is 5.60. The van der Waals surface area contributed by atoms with Crippen molar-refractivity contribution < 1.29 is 9.90 Å². The fourth-order valence-electron chi connectivity index (χ4n) is 2.52. The van der Waals surface area contributed by atoms with Crippen LogP contribution in [0.3, 0.4) is 0 Å². The van der Waals surface area contributed by atoms with E-state index < -0.39 is 5.97 Å². The maximum Gasteiger partial charge on any atom is 0.336 e. The molecule has 2 aromatic carbocycles. The van der Waals surface area contributed by atoms with Crippen LogP contribution in [0, 0.1) is 25.2 Å². The summed E-state index contributed by atoms with van der Waals surface area (Å²) in [5, 5.41) is 18.7. The molecule has 5 nitrogen and oxygen atoms in total. The highest BCUT2D eigenvalue weighted by molar-refractivity contribution is 5.97. The number of fused-ring (bicyclic) bond motifs is 1. The number of allylic oxidation sites excluding steroid dienone is 1. The van der Waals surface area contributed by atoms with Crippen LogP contribution >= 0.6 is 0 Å². The van der Waals surface area contributed by atoms with E-state index in [9.17, 15) is 15.2 Å². The molecule has 1 aromatic heterocycles. The minimum Gasteiger partial charge on any atom is -0.478 e. The number of carbonyl (C=O) groups is 1. The van der Waals surface area contributed by atoms with Crippen molar-refractivity contribution in [2.24, 2.45) is 0 Å². The molecule has 0 saturated heterocycles. The first-order chi connectivity index (χ1) is 11.5. The zero-order chi connectivity index (χ0) is 17.3. The predicted octanol–water partition coefficient (Wildman–Crippen LogP) is 3.94. The zero-order valence-electron chi connectivity index (χ0n) is 13.3. The summed E-state index contributed by atoms with van der Waals surface area (Å²) in [6.07, 6.45) is 1.54. The van der Waals surface area contributed by atoms with Crippen molar-refractivity contribution in [2.45, 2.75) is 13.8 Å². The Bertz CT molecular complexity index is 984. The van der Waals surface area contributed by atoms with Crippen LogP contribution in [0.25, 0.3) is 22.7 Å². The van der Waals surface area contributed by atoms with Crippen LogP contribution in [0.2, 0.25) is 0 Å². The van der Waals surface area contributed by atoms with Gasteiger partial charge in [-0.15, -0.1) is 0 Å². The number of benzene rings is 2. The number of aryl methyl sites for hydroxylation is 2. The fraction of sp³-hybridized carbons (Fsp3) is 0.105. The predicted molar refractivity (Wildman–Crippen MR) is 92.5 cm³/mol. The number of carboxylic acid groups (broad SMARTS) is 1. The lowest BCUT2D eigenvalue weighted by Crippen LogP contribution is -1.99. The zero-order valence-corrected chi connectivity index (χ0v) is 13.3. The van der Waals surface area contributed by atoms with E-state index in [-0.39, 0.29) is 11.1 Å². The lowest BCUT2D eigenvalue weighted by Gasteiger charge is -2.01. The quantitative estimate of drug-likeness (QED) is 0.716. The van der Waals surface area contributed by atoms with E-state index in [4.69, 9.17) is 0 Å². The number of nitriles is 1. The molecule has 0 spiro atoms. The van der Waals surface area contributed by atoms with Crippen molar-refractivity contribution in [1.82, 2.24) is 9.97 Å². The number of imidazole rings is 1. The lowest BCUT2D eigenvalue weighted by atomic mass is 10.0. The molecule has 3 rings (SSSR count). The normalized spacial score (nSPS) is 11.5. The summed E-state index contributed by atoms with van der Waals surface area (Å²) in [6, 6.07) is 12.6. The highest BCUT2D eigenvalue weighted by atomic mass is 16.4. The highest BCUT2D eigenvalue weighted by Crippen LogP contribution is 2.23. The Labute approximate surface area is 138 Å². The Balaban J connectivity index is 2.13. The van der Waals surface area contributed by atoms with Gasteiger partial charge in [-0.2, -0.15) is 5.26 Å². The SMILES string of the molecule is Cc1cc2nc(/C(C#N)=C\c3ccccc3C(=O)O)[nH]c2cc1C. The molecule has 0 aliphatic heterocycles. The molecular weight excluding hydrogens is 302 g/mol. The minimum atomic E-state index is -1.03. The Hall–Kier alpha value is -3.39. The van der Waals surface area contributed by atoms with Gasteiger partial charge in [0.1, 0.15) is 11.9 Å². The molecule has 0 amide bonds. The molecule has 0 atom stereocenters. The summed E-state index contributed by atoms with van der Waals surface area (Å²) in [7, 11) is 0. The largest absolute Gasteiger partial charge is 0.478 e. The molecule has 0 unspecified atom stereocenters. The van der Waals surface area contributed by atoms with E-state index in [1.54, 1.807) is 24.3 Å². The lowest BCUT2D eigenvalue weighted by molar-refractivity contribution is 0.0696. The average molecular weight is 317 g/mol. The topological polar surface area (TPSA) is 89.8 Å². The summed E-state index contributed by atoms with van der Waals surface area (Å²) in [6.45, 7) is 4.02. The third-order valence-corrected chi connectivity index (χ3v) is 3.96. The third-order valence-electron chi connectivity index (χ3n) is 3.96. The van der Waals surface area contributed by atoms with Crippen LogP contribution in [-0.2, 0) is 0 Å². The van der Waals surface area contributed by atoms with E-state index in [2.05, 4.69) is 16.0 Å². The monoisotopic (exact) mass is 317 g/mol. The van der Waals surface area contributed by atoms with Crippen LogP contribution in [-0.4, -0.2) is 21.0 Å². The molecule has 24 heavy (non-hydrogen) atoms. The van der Waals surface area contributed by atoms with E-state index in [1.165, 1.54) is 6.07 Å². The van der Waals surface area contributed by atoms with Gasteiger partial charge in [0.2, 0.25) is 0 Å².